The highest BCUT2D eigenvalue weighted by Gasteiger charge is 2.17. The average molecular weight is 353 g/mol. The molecule has 1 aromatic rings. The van der Waals surface area contributed by atoms with E-state index in [2.05, 4.69) is 19.2 Å². The van der Waals surface area contributed by atoms with Crippen LogP contribution in [0.25, 0.3) is 0 Å². The second-order valence-electron chi connectivity index (χ2n) is 5.78. The maximum atomic E-state index is 12.1. The second kappa shape index (κ2) is 11.0. The van der Waals surface area contributed by atoms with Crippen LogP contribution in [0.15, 0.2) is 24.3 Å². The van der Waals surface area contributed by atoms with Crippen molar-refractivity contribution in [2.24, 2.45) is 5.92 Å². The van der Waals surface area contributed by atoms with Crippen LogP contribution in [0, 0.1) is 5.92 Å². The minimum Gasteiger partial charge on any atom is -0.492 e. The van der Waals surface area contributed by atoms with Crippen molar-refractivity contribution in [1.29, 1.82) is 0 Å². The molecule has 0 saturated carbocycles. The largest absolute Gasteiger partial charge is 0.492 e. The highest BCUT2D eigenvalue weighted by Crippen LogP contribution is 2.24. The molecule has 1 rings (SSSR count). The molecule has 0 aliphatic rings. The number of thioether (sulfide) groups is 1. The molecule has 0 saturated heterocycles. The zero-order valence-electron chi connectivity index (χ0n) is 14.8. The Balaban J connectivity index is 2.39. The molecule has 1 amide bonds. The quantitative estimate of drug-likeness (QED) is 0.649. The summed E-state index contributed by atoms with van der Waals surface area (Å²) in [6.45, 7) is 8.76. The summed E-state index contributed by atoms with van der Waals surface area (Å²) < 4.78 is 10.7. The van der Waals surface area contributed by atoms with Crippen molar-refractivity contribution in [2.75, 3.05) is 24.3 Å². The number of carbonyl (C=O) groups excluding carboxylic acids is 2. The van der Waals surface area contributed by atoms with E-state index in [1.807, 2.05) is 19.1 Å². The van der Waals surface area contributed by atoms with Crippen LogP contribution in [0.5, 0.6) is 5.75 Å². The lowest BCUT2D eigenvalue weighted by atomic mass is 10.1. The summed E-state index contributed by atoms with van der Waals surface area (Å²) in [5.41, 5.74) is 0.636. The molecule has 134 valence electrons. The standard InChI is InChI=1S/C18H27NO4S/c1-5-22-16-9-7-6-8-15(16)19-17(20)12-24-14(4)18(21)23-11-10-13(2)3/h6-9,13-14H,5,10-12H2,1-4H3,(H,19,20). The van der Waals surface area contributed by atoms with E-state index >= 15 is 0 Å². The zero-order valence-corrected chi connectivity index (χ0v) is 15.7. The average Bonchev–Trinajstić information content (AvgIpc) is 2.54. The molecule has 0 radical (unpaired) electrons. The first-order valence-corrected chi connectivity index (χ1v) is 9.28. The van der Waals surface area contributed by atoms with Crippen LogP contribution in [-0.4, -0.2) is 36.1 Å². The molecule has 1 atom stereocenters. The summed E-state index contributed by atoms with van der Waals surface area (Å²) in [6.07, 6.45) is 0.845. The fraction of sp³-hybridized carbons (Fsp3) is 0.556. The second-order valence-corrected chi connectivity index (χ2v) is 7.11. The van der Waals surface area contributed by atoms with Gasteiger partial charge in [-0.15, -0.1) is 11.8 Å². The fourth-order valence-electron chi connectivity index (χ4n) is 1.82. The number of carbonyl (C=O) groups is 2. The summed E-state index contributed by atoms with van der Waals surface area (Å²) in [4.78, 5) is 23.9. The van der Waals surface area contributed by atoms with E-state index in [0.717, 1.165) is 6.42 Å². The van der Waals surface area contributed by atoms with Crippen molar-refractivity contribution >= 4 is 29.3 Å². The third-order valence-electron chi connectivity index (χ3n) is 3.20. The SMILES string of the molecule is CCOc1ccccc1NC(=O)CSC(C)C(=O)OCCC(C)C. The number of amides is 1. The van der Waals surface area contributed by atoms with Crippen LogP contribution in [0.1, 0.15) is 34.1 Å². The minimum atomic E-state index is -0.370. The normalized spacial score (nSPS) is 11.9. The lowest BCUT2D eigenvalue weighted by molar-refractivity contribution is -0.142. The number of ether oxygens (including phenoxy) is 2. The first-order chi connectivity index (χ1) is 11.4. The Bertz CT molecular complexity index is 534. The monoisotopic (exact) mass is 353 g/mol. The number of hydrogen-bond acceptors (Lipinski definition) is 5. The Morgan fingerprint density at radius 3 is 2.58 bits per heavy atom. The molecule has 24 heavy (non-hydrogen) atoms. The summed E-state index contributed by atoms with van der Waals surface area (Å²) in [5, 5.41) is 2.44. The first kappa shape index (κ1) is 20.4. The van der Waals surface area contributed by atoms with E-state index in [4.69, 9.17) is 9.47 Å². The van der Waals surface area contributed by atoms with Gasteiger partial charge in [-0.25, -0.2) is 0 Å². The van der Waals surface area contributed by atoms with E-state index in [1.165, 1.54) is 11.8 Å². The fourth-order valence-corrected chi connectivity index (χ4v) is 2.50. The van der Waals surface area contributed by atoms with Crippen LogP contribution in [-0.2, 0) is 14.3 Å². The first-order valence-electron chi connectivity index (χ1n) is 8.24. The summed E-state index contributed by atoms with van der Waals surface area (Å²) in [6, 6.07) is 7.28. The molecule has 0 aliphatic carbocycles. The van der Waals surface area contributed by atoms with Gasteiger partial charge in [0.2, 0.25) is 5.91 Å². The maximum Gasteiger partial charge on any atom is 0.318 e. The third kappa shape index (κ3) is 7.73. The number of benzene rings is 1. The predicted molar refractivity (Wildman–Crippen MR) is 98.6 cm³/mol. The van der Waals surface area contributed by atoms with E-state index in [0.29, 0.717) is 30.6 Å². The van der Waals surface area contributed by atoms with Crippen molar-refractivity contribution < 1.29 is 19.1 Å². The van der Waals surface area contributed by atoms with Crippen LogP contribution in [0.3, 0.4) is 0 Å². The topological polar surface area (TPSA) is 64.6 Å². The number of nitrogens with one attached hydrogen (secondary N) is 1. The van der Waals surface area contributed by atoms with Gasteiger partial charge >= 0.3 is 5.97 Å². The van der Waals surface area contributed by atoms with E-state index in [1.54, 1.807) is 19.1 Å². The number of rotatable bonds is 10. The summed E-state index contributed by atoms with van der Waals surface area (Å²) in [7, 11) is 0. The molecule has 0 spiro atoms. The van der Waals surface area contributed by atoms with Crippen molar-refractivity contribution in [2.45, 2.75) is 39.4 Å². The predicted octanol–water partition coefficient (Wildman–Crippen LogP) is 3.73. The van der Waals surface area contributed by atoms with Gasteiger partial charge in [0.1, 0.15) is 11.0 Å². The number of para-hydroxylation sites is 2. The Labute approximate surface area is 148 Å². The Morgan fingerprint density at radius 1 is 1.21 bits per heavy atom. The molecule has 0 heterocycles. The maximum absolute atomic E-state index is 12.1. The van der Waals surface area contributed by atoms with E-state index < -0.39 is 0 Å². The molecule has 5 nitrogen and oxygen atoms in total. The Morgan fingerprint density at radius 2 is 1.92 bits per heavy atom. The third-order valence-corrected chi connectivity index (χ3v) is 4.32. The molecule has 1 aromatic carbocycles. The molecule has 1 N–H and O–H groups in total. The molecule has 0 fully saturated rings. The number of anilines is 1. The van der Waals surface area contributed by atoms with Gasteiger partial charge in [-0.2, -0.15) is 0 Å². The lowest BCUT2D eigenvalue weighted by Gasteiger charge is -2.13. The van der Waals surface area contributed by atoms with Crippen LogP contribution in [0.2, 0.25) is 0 Å². The number of hydrogen-bond donors (Lipinski definition) is 1. The minimum absolute atomic E-state index is 0.172. The van der Waals surface area contributed by atoms with Gasteiger partial charge in [-0.3, -0.25) is 9.59 Å². The van der Waals surface area contributed by atoms with Gasteiger partial charge in [-0.1, -0.05) is 26.0 Å². The van der Waals surface area contributed by atoms with Crippen molar-refractivity contribution in [3.05, 3.63) is 24.3 Å². The molecule has 0 bridgehead atoms. The number of esters is 1. The van der Waals surface area contributed by atoms with E-state index in [-0.39, 0.29) is 22.9 Å². The highest BCUT2D eigenvalue weighted by molar-refractivity contribution is 8.01. The molecular weight excluding hydrogens is 326 g/mol. The Hall–Kier alpha value is -1.69. The summed E-state index contributed by atoms with van der Waals surface area (Å²) >= 11 is 1.26. The zero-order chi connectivity index (χ0) is 17.9. The van der Waals surface area contributed by atoms with Crippen molar-refractivity contribution in [3.63, 3.8) is 0 Å². The Kier molecular flexibility index (Phi) is 9.30. The smallest absolute Gasteiger partial charge is 0.318 e. The van der Waals surface area contributed by atoms with Gasteiger partial charge in [0, 0.05) is 0 Å². The van der Waals surface area contributed by atoms with Crippen LogP contribution < -0.4 is 10.1 Å². The summed E-state index contributed by atoms with van der Waals surface area (Å²) in [5.74, 6) is 0.870. The van der Waals surface area contributed by atoms with Crippen LogP contribution >= 0.6 is 11.8 Å². The lowest BCUT2D eigenvalue weighted by Crippen LogP contribution is -2.22. The van der Waals surface area contributed by atoms with Crippen molar-refractivity contribution in [3.8, 4) is 5.75 Å². The van der Waals surface area contributed by atoms with Gasteiger partial charge in [0.05, 0.1) is 24.7 Å². The van der Waals surface area contributed by atoms with Gasteiger partial charge in [0.15, 0.2) is 0 Å². The molecule has 6 heteroatoms. The van der Waals surface area contributed by atoms with E-state index in [9.17, 15) is 9.59 Å². The van der Waals surface area contributed by atoms with Gasteiger partial charge in [-0.05, 0) is 38.3 Å². The van der Waals surface area contributed by atoms with Crippen molar-refractivity contribution in [1.82, 2.24) is 0 Å². The molecule has 0 aromatic heterocycles. The van der Waals surface area contributed by atoms with Crippen LogP contribution in [0.4, 0.5) is 5.69 Å². The highest BCUT2D eigenvalue weighted by atomic mass is 32.2. The molecular formula is C18H27NO4S. The molecule has 0 aliphatic heterocycles. The van der Waals surface area contributed by atoms with Gasteiger partial charge < -0.3 is 14.8 Å². The van der Waals surface area contributed by atoms with Gasteiger partial charge in [0.25, 0.3) is 0 Å². The molecule has 1 unspecified atom stereocenters.